The number of carbonyl (C=O) groups excluding carboxylic acids is 1. The Labute approximate surface area is 179 Å². The molecule has 1 aromatic heterocycles. The summed E-state index contributed by atoms with van der Waals surface area (Å²) in [5.74, 6) is 0. The van der Waals surface area contributed by atoms with Crippen molar-refractivity contribution in [1.82, 2.24) is 13.9 Å². The molecule has 2 aromatic rings. The standard InChI is InChI=1S/C21H29N3O4SSi/c1-16-7-9-18(10-8-16)29(26,27)24-11-17(13-30(5,6)15-24)19-12-23(14-22-19)20(25)28-21(2,3)4/h7-10,12-14H,11,15H2,1-6H3. The predicted molar refractivity (Wildman–Crippen MR) is 119 cm³/mol. The number of ether oxygens (including phenoxy) is 1. The van der Waals surface area contributed by atoms with Gasteiger partial charge in [0.25, 0.3) is 0 Å². The molecule has 2 heterocycles. The van der Waals surface area contributed by atoms with Gasteiger partial charge in [0.15, 0.2) is 0 Å². The highest BCUT2D eigenvalue weighted by Gasteiger charge is 2.36. The fraction of sp³-hybridized carbons (Fsp3) is 0.429. The van der Waals surface area contributed by atoms with E-state index < -0.39 is 29.8 Å². The Kier molecular flexibility index (Phi) is 5.83. The number of nitrogens with zero attached hydrogens (tertiary/aromatic N) is 3. The number of sulfonamides is 1. The van der Waals surface area contributed by atoms with Gasteiger partial charge in [-0.1, -0.05) is 36.5 Å². The van der Waals surface area contributed by atoms with Gasteiger partial charge >= 0.3 is 6.09 Å². The molecule has 0 unspecified atom stereocenters. The van der Waals surface area contributed by atoms with Crippen LogP contribution in [0.2, 0.25) is 13.1 Å². The smallest absolute Gasteiger partial charge is 0.419 e. The Balaban J connectivity index is 1.89. The molecule has 30 heavy (non-hydrogen) atoms. The number of hydrogen-bond acceptors (Lipinski definition) is 5. The van der Waals surface area contributed by atoms with Crippen LogP contribution >= 0.6 is 0 Å². The van der Waals surface area contributed by atoms with E-state index in [1.54, 1.807) is 51.2 Å². The number of aromatic nitrogens is 2. The molecule has 7 nitrogen and oxygen atoms in total. The highest BCUT2D eigenvalue weighted by molar-refractivity contribution is 7.89. The maximum Gasteiger partial charge on any atom is 0.419 e. The van der Waals surface area contributed by atoms with Crippen molar-refractivity contribution in [2.24, 2.45) is 0 Å². The molecule has 0 radical (unpaired) electrons. The van der Waals surface area contributed by atoms with Crippen LogP contribution in [0.25, 0.3) is 5.57 Å². The predicted octanol–water partition coefficient (Wildman–Crippen LogP) is 3.85. The summed E-state index contributed by atoms with van der Waals surface area (Å²) in [4.78, 5) is 16.9. The van der Waals surface area contributed by atoms with Gasteiger partial charge in [0.2, 0.25) is 10.0 Å². The number of aryl methyl sites for hydroxylation is 1. The minimum atomic E-state index is -3.62. The van der Waals surface area contributed by atoms with E-state index in [1.165, 1.54) is 15.2 Å². The Morgan fingerprint density at radius 3 is 2.40 bits per heavy atom. The first-order valence-electron chi connectivity index (χ1n) is 9.83. The summed E-state index contributed by atoms with van der Waals surface area (Å²) in [5.41, 5.74) is 3.96. The third-order valence-electron chi connectivity index (χ3n) is 4.67. The number of benzene rings is 1. The summed E-state index contributed by atoms with van der Waals surface area (Å²) in [6.45, 7) is 11.8. The van der Waals surface area contributed by atoms with Gasteiger partial charge in [-0.15, -0.1) is 0 Å². The van der Waals surface area contributed by atoms with Crippen molar-refractivity contribution < 1.29 is 17.9 Å². The molecule has 0 N–H and O–H groups in total. The lowest BCUT2D eigenvalue weighted by molar-refractivity contribution is 0.0536. The van der Waals surface area contributed by atoms with Gasteiger partial charge in [0.1, 0.15) is 11.9 Å². The van der Waals surface area contributed by atoms with Crippen LogP contribution < -0.4 is 0 Å². The molecule has 0 amide bonds. The molecule has 1 aromatic carbocycles. The molecule has 1 aliphatic heterocycles. The first-order valence-corrected chi connectivity index (χ1v) is 14.6. The molecule has 9 heteroatoms. The van der Waals surface area contributed by atoms with E-state index in [0.717, 1.165) is 11.1 Å². The summed E-state index contributed by atoms with van der Waals surface area (Å²) in [6.07, 6.45) is 3.00. The summed E-state index contributed by atoms with van der Waals surface area (Å²) in [7, 11) is -5.61. The van der Waals surface area contributed by atoms with E-state index in [9.17, 15) is 13.2 Å². The number of hydrogen-bond donors (Lipinski definition) is 0. The maximum absolute atomic E-state index is 13.3. The molecule has 3 rings (SSSR count). The van der Waals surface area contributed by atoms with E-state index in [-0.39, 0.29) is 6.54 Å². The molecule has 0 aliphatic carbocycles. The second-order valence-electron chi connectivity index (χ2n) is 9.39. The van der Waals surface area contributed by atoms with Gasteiger partial charge in [-0.3, -0.25) is 0 Å². The molecular weight excluding hydrogens is 418 g/mol. The van der Waals surface area contributed by atoms with Crippen LogP contribution in [0.15, 0.2) is 47.4 Å². The monoisotopic (exact) mass is 447 g/mol. The molecule has 0 atom stereocenters. The quantitative estimate of drug-likeness (QED) is 0.668. The average Bonchev–Trinajstić information content (AvgIpc) is 3.09. The maximum atomic E-state index is 13.3. The van der Waals surface area contributed by atoms with Crippen LogP contribution in [0, 0.1) is 6.92 Å². The Hall–Kier alpha value is -2.23. The van der Waals surface area contributed by atoms with Gasteiger partial charge in [0, 0.05) is 18.9 Å². The highest BCUT2D eigenvalue weighted by Crippen LogP contribution is 2.29. The van der Waals surface area contributed by atoms with E-state index in [2.05, 4.69) is 23.8 Å². The van der Waals surface area contributed by atoms with Crippen molar-refractivity contribution in [3.05, 3.63) is 53.7 Å². The third kappa shape index (κ3) is 5.08. The molecule has 0 saturated carbocycles. The van der Waals surface area contributed by atoms with Gasteiger partial charge in [-0.05, 0) is 45.4 Å². The lowest BCUT2D eigenvalue weighted by atomic mass is 10.2. The van der Waals surface area contributed by atoms with Gasteiger partial charge in [-0.2, -0.15) is 4.31 Å². The number of rotatable bonds is 3. The van der Waals surface area contributed by atoms with E-state index in [1.807, 2.05) is 6.92 Å². The van der Waals surface area contributed by atoms with Crippen LogP contribution in [0.3, 0.4) is 0 Å². The minimum absolute atomic E-state index is 0.220. The summed E-state index contributed by atoms with van der Waals surface area (Å²) in [5, 5.41) is 0. The van der Waals surface area contributed by atoms with Gasteiger partial charge in [-0.25, -0.2) is 22.8 Å². The second kappa shape index (κ2) is 7.79. The van der Waals surface area contributed by atoms with Crippen LogP contribution in [0.4, 0.5) is 4.79 Å². The van der Waals surface area contributed by atoms with Crippen molar-refractivity contribution in [1.29, 1.82) is 0 Å². The second-order valence-corrected chi connectivity index (χ2v) is 15.9. The fourth-order valence-electron chi connectivity index (χ4n) is 3.35. The Morgan fingerprint density at radius 2 is 1.80 bits per heavy atom. The minimum Gasteiger partial charge on any atom is -0.443 e. The van der Waals surface area contributed by atoms with Crippen molar-refractivity contribution in [3.63, 3.8) is 0 Å². The Morgan fingerprint density at radius 1 is 1.17 bits per heavy atom. The Bertz CT molecular complexity index is 1080. The van der Waals surface area contributed by atoms with E-state index in [0.29, 0.717) is 16.8 Å². The highest BCUT2D eigenvalue weighted by atomic mass is 32.2. The summed E-state index contributed by atoms with van der Waals surface area (Å²) < 4.78 is 34.7. The molecule has 0 saturated heterocycles. The van der Waals surface area contributed by atoms with Crippen LogP contribution in [0.5, 0.6) is 0 Å². The van der Waals surface area contributed by atoms with Crippen LogP contribution in [-0.4, -0.2) is 54.8 Å². The van der Waals surface area contributed by atoms with Crippen LogP contribution in [-0.2, 0) is 14.8 Å². The zero-order chi connectivity index (χ0) is 22.3. The van der Waals surface area contributed by atoms with Crippen molar-refractivity contribution >= 4 is 29.8 Å². The SMILES string of the molecule is Cc1ccc(S(=O)(=O)N2CC(c3cn(C(=O)OC(C)(C)C)cn3)=C[Si](C)(C)C2)cc1. The van der Waals surface area contributed by atoms with Crippen molar-refractivity contribution in [2.45, 2.75) is 51.3 Å². The van der Waals surface area contributed by atoms with E-state index >= 15 is 0 Å². The average molecular weight is 448 g/mol. The van der Waals surface area contributed by atoms with E-state index in [4.69, 9.17) is 4.74 Å². The lowest BCUT2D eigenvalue weighted by Crippen LogP contribution is -2.48. The summed E-state index contributed by atoms with van der Waals surface area (Å²) in [6, 6.07) is 6.90. The molecule has 0 bridgehead atoms. The zero-order valence-corrected chi connectivity index (χ0v) is 20.2. The molecule has 1 aliphatic rings. The number of carbonyl (C=O) groups is 1. The molecular formula is C21H29N3O4SSi. The van der Waals surface area contributed by atoms with Gasteiger partial charge in [0.05, 0.1) is 18.7 Å². The van der Waals surface area contributed by atoms with Gasteiger partial charge < -0.3 is 4.74 Å². The number of imidazole rings is 1. The normalized spacial score (nSPS) is 17.5. The topological polar surface area (TPSA) is 81.5 Å². The third-order valence-corrected chi connectivity index (χ3v) is 9.03. The van der Waals surface area contributed by atoms with Crippen molar-refractivity contribution in [3.8, 4) is 0 Å². The first kappa shape index (κ1) is 22.5. The largest absolute Gasteiger partial charge is 0.443 e. The lowest BCUT2D eigenvalue weighted by Gasteiger charge is -2.34. The zero-order valence-electron chi connectivity index (χ0n) is 18.3. The summed E-state index contributed by atoms with van der Waals surface area (Å²) >= 11 is 0. The molecule has 0 spiro atoms. The molecule has 162 valence electrons. The van der Waals surface area contributed by atoms with Crippen molar-refractivity contribution in [2.75, 3.05) is 12.7 Å². The molecule has 0 fully saturated rings. The van der Waals surface area contributed by atoms with Crippen LogP contribution in [0.1, 0.15) is 32.0 Å². The first-order chi connectivity index (χ1) is 13.8. The fourth-order valence-corrected chi connectivity index (χ4v) is 8.41.